The lowest BCUT2D eigenvalue weighted by molar-refractivity contribution is -0.203. The molecule has 10 atom stereocenters. The van der Waals surface area contributed by atoms with Crippen molar-refractivity contribution in [2.75, 3.05) is 59.0 Å². The zero-order valence-electron chi connectivity index (χ0n) is 36.0. The fourth-order valence-corrected chi connectivity index (χ4v) is 13.9. The van der Waals surface area contributed by atoms with Gasteiger partial charge in [0.25, 0.3) is 0 Å². The Morgan fingerprint density at radius 2 is 1.71 bits per heavy atom. The van der Waals surface area contributed by atoms with Gasteiger partial charge in [-0.05, 0) is 81.2 Å². The Bertz CT molecular complexity index is 2310. The van der Waals surface area contributed by atoms with E-state index in [1.54, 1.807) is 18.9 Å². The number of piperidine rings is 1. The van der Waals surface area contributed by atoms with Crippen LogP contribution >= 0.6 is 0 Å². The molecule has 3 fully saturated rings. The van der Waals surface area contributed by atoms with Crippen molar-refractivity contribution in [3.63, 3.8) is 0 Å². The Morgan fingerprint density at radius 1 is 0.968 bits per heavy atom. The van der Waals surface area contributed by atoms with Crippen molar-refractivity contribution in [2.45, 2.75) is 116 Å². The molecule has 62 heavy (non-hydrogen) atoms. The number of aromatic amines is 1. The van der Waals surface area contributed by atoms with Crippen molar-refractivity contribution in [1.29, 1.82) is 0 Å². The molecule has 0 radical (unpaired) electrons. The lowest BCUT2D eigenvalue weighted by Gasteiger charge is -2.64. The molecule has 1 aliphatic carbocycles. The van der Waals surface area contributed by atoms with Crippen LogP contribution in [-0.2, 0) is 50.6 Å². The van der Waals surface area contributed by atoms with E-state index < -0.39 is 57.3 Å². The van der Waals surface area contributed by atoms with Crippen molar-refractivity contribution in [3.05, 3.63) is 70.9 Å². The summed E-state index contributed by atoms with van der Waals surface area (Å²) < 4.78 is 24.4. The number of hydrogen-bond donors (Lipinski definition) is 2. The average Bonchev–Trinajstić information content (AvgIpc) is 3.92. The largest absolute Gasteiger partial charge is 0.496 e. The molecule has 1 saturated carbocycles. The molecular formula is C49H67N5O8. The first kappa shape index (κ1) is 45.3. The van der Waals surface area contributed by atoms with Gasteiger partial charge in [-0.3, -0.25) is 24.1 Å². The zero-order valence-corrected chi connectivity index (χ0v) is 36.0. The first-order valence-electron chi connectivity index (χ1n) is 21.6. The van der Waals surface area contributed by atoms with Gasteiger partial charge in [-0.1, -0.05) is 59.1 Å². The number of hydrogen-bond acceptors (Lipinski definition) is 11. The maximum absolute atomic E-state index is 15.4. The normalized spacial score (nSPS) is 35.3. The third-order valence-corrected chi connectivity index (χ3v) is 16.0. The quantitative estimate of drug-likeness (QED) is 0.118. The molecule has 3 N–H and O–H groups in total. The molecule has 13 heteroatoms. The summed E-state index contributed by atoms with van der Waals surface area (Å²) in [7, 11) is 4.39. The summed E-state index contributed by atoms with van der Waals surface area (Å²) in [5.41, 5.74) is 6.94. The van der Waals surface area contributed by atoms with E-state index in [2.05, 4.69) is 52.9 Å². The monoisotopic (exact) mass is 853 g/mol. The molecule has 2 bridgehead atoms. The highest BCUT2D eigenvalue weighted by Gasteiger charge is 2.79. The number of nitrogens with two attached hydrogens (primary N) is 1. The van der Waals surface area contributed by atoms with Crippen LogP contribution in [-0.4, -0.2) is 117 Å². The topological polar surface area (TPSA) is 157 Å². The van der Waals surface area contributed by atoms with Crippen molar-refractivity contribution < 1.29 is 38.1 Å². The molecule has 6 aliphatic rings. The Kier molecular flexibility index (Phi) is 11.6. The third-order valence-electron chi connectivity index (χ3n) is 16.0. The minimum Gasteiger partial charge on any atom is -0.496 e. The minimum absolute atomic E-state index is 0. The summed E-state index contributed by atoms with van der Waals surface area (Å²) in [5.74, 6) is -1.07. The zero-order chi connectivity index (χ0) is 42.6. The number of aromatic nitrogens is 1. The molecular weight excluding hydrogens is 787 g/mol. The molecule has 2 saturated heterocycles. The van der Waals surface area contributed by atoms with Gasteiger partial charge in [-0.25, -0.2) is 0 Å². The maximum Gasteiger partial charge on any atom is 0.322 e. The Labute approximate surface area is 366 Å². The molecule has 1 amide bonds. The second-order valence-electron chi connectivity index (χ2n) is 18.7. The van der Waals surface area contributed by atoms with E-state index in [-0.39, 0.29) is 26.8 Å². The van der Waals surface area contributed by atoms with Gasteiger partial charge < -0.3 is 39.5 Å². The summed E-state index contributed by atoms with van der Waals surface area (Å²) in [4.78, 5) is 67.3. The van der Waals surface area contributed by atoms with Crippen LogP contribution in [0, 0.1) is 16.7 Å². The highest BCUT2D eigenvalue weighted by Crippen LogP contribution is 2.70. The molecule has 6 heterocycles. The Balaban J connectivity index is 0.00000289. The van der Waals surface area contributed by atoms with Gasteiger partial charge in [-0.2, -0.15) is 0 Å². The van der Waals surface area contributed by atoms with Crippen LogP contribution in [0.3, 0.4) is 0 Å². The van der Waals surface area contributed by atoms with Crippen LogP contribution in [0.2, 0.25) is 0 Å². The van der Waals surface area contributed by atoms with Crippen LogP contribution in [0.5, 0.6) is 5.75 Å². The molecule has 3 aromatic rings. The van der Waals surface area contributed by atoms with Crippen LogP contribution in [0.4, 0.5) is 5.69 Å². The van der Waals surface area contributed by atoms with E-state index >= 15 is 4.79 Å². The van der Waals surface area contributed by atoms with Crippen molar-refractivity contribution in [3.8, 4) is 5.75 Å². The van der Waals surface area contributed by atoms with Crippen LogP contribution < -0.4 is 15.4 Å². The summed E-state index contributed by atoms with van der Waals surface area (Å²) in [5, 5.41) is 1.05. The second kappa shape index (κ2) is 15.8. The van der Waals surface area contributed by atoms with E-state index in [1.807, 2.05) is 24.3 Å². The number of benzene rings is 2. The highest BCUT2D eigenvalue weighted by atomic mass is 16.6. The number of anilines is 1. The van der Waals surface area contributed by atoms with Gasteiger partial charge in [-0.15, -0.1) is 0 Å². The molecule has 1 spiro atoms. The van der Waals surface area contributed by atoms with Gasteiger partial charge in [0.05, 0.1) is 33.1 Å². The fraction of sp³-hybridized carbons (Fsp3) is 0.592. The number of carbonyl (C=O) groups excluding carboxylic acids is 4. The number of rotatable bonds is 8. The molecule has 2 aromatic carbocycles. The van der Waals surface area contributed by atoms with Crippen LogP contribution in [0.25, 0.3) is 10.9 Å². The number of H-pyrrole nitrogens is 1. The SMILES string of the molecule is C.C.CC[C@]1(N)C[C@H]2CN(CCc3c([nH]c4ccccc34)[C@@](C(=O)OC)(c3cc4c(cc3OC)N(C=O)[C@H]3[C@@](C)(C(=O)OC)[C@@H](OC(C)=O)[C@]5(CC)C=CCN6CC[C@]43[C@@H]65)C2)C1. The number of methoxy groups -OCH3 is 3. The lowest BCUT2D eigenvalue weighted by atomic mass is 9.45. The molecule has 1 unspecified atom stereocenters. The summed E-state index contributed by atoms with van der Waals surface area (Å²) in [6, 6.07) is 11.1. The van der Waals surface area contributed by atoms with Crippen LogP contribution in [0.1, 0.15) is 97.0 Å². The molecule has 1 aromatic heterocycles. The fourth-order valence-electron chi connectivity index (χ4n) is 13.9. The van der Waals surface area contributed by atoms with E-state index in [0.29, 0.717) is 55.8 Å². The number of esters is 3. The standard InChI is InChI=1S/C47H59N5O8.2CH4/c1-8-44(48)23-29-24-47(42(56)59-7,37-31(15-19-50(25-29)26-44)30-13-10-11-14-34(30)49-37)33-21-32-35(22-36(33)57-5)52(27-53)38-43(4,41(55)58-6)40(60-28(3)54)45(9-2)16-12-18-51-20-17-46(32,38)39(45)51;;/h10-14,16,21-22,27,29,38-40,49H,8-9,15,17-20,23-26,48H2,1-7H3;2*1H4/t29-,38+,39+,40-,43-,44+,45-,46+,47+;;/m1../s1. The second-order valence-corrected chi connectivity index (χ2v) is 18.7. The summed E-state index contributed by atoms with van der Waals surface area (Å²) >= 11 is 0. The smallest absolute Gasteiger partial charge is 0.322 e. The molecule has 5 aliphatic heterocycles. The predicted molar refractivity (Wildman–Crippen MR) is 239 cm³/mol. The van der Waals surface area contributed by atoms with Crippen molar-refractivity contribution >= 4 is 40.9 Å². The van der Waals surface area contributed by atoms with Crippen LogP contribution in [0.15, 0.2) is 48.6 Å². The third kappa shape index (κ3) is 5.82. The first-order chi connectivity index (χ1) is 28.8. The number of nitrogens with one attached hydrogen (secondary N) is 1. The minimum atomic E-state index is -1.52. The molecule has 9 rings (SSSR count). The van der Waals surface area contributed by atoms with E-state index in [4.69, 9.17) is 24.7 Å². The number of carbonyl (C=O) groups is 4. The first-order valence-corrected chi connectivity index (χ1v) is 21.6. The number of amides is 1. The highest BCUT2D eigenvalue weighted by molar-refractivity contribution is 5.96. The Hall–Kier alpha value is -4.72. The average molecular weight is 854 g/mol. The van der Waals surface area contributed by atoms with Crippen molar-refractivity contribution in [1.82, 2.24) is 14.8 Å². The number of para-hydroxylation sites is 1. The van der Waals surface area contributed by atoms with Gasteiger partial charge in [0, 0.05) is 83.7 Å². The van der Waals surface area contributed by atoms with E-state index in [9.17, 15) is 14.4 Å². The van der Waals surface area contributed by atoms with Crippen molar-refractivity contribution in [2.24, 2.45) is 22.5 Å². The lowest BCUT2D eigenvalue weighted by Crippen LogP contribution is -2.77. The number of fused-ring (bicyclic) bond motifs is 6. The molecule has 13 nitrogen and oxygen atoms in total. The van der Waals surface area contributed by atoms with Gasteiger partial charge in [0.2, 0.25) is 6.41 Å². The van der Waals surface area contributed by atoms with E-state index in [1.165, 1.54) is 21.1 Å². The number of nitrogens with zero attached hydrogens (tertiary/aromatic N) is 3. The molecule has 336 valence electrons. The summed E-state index contributed by atoms with van der Waals surface area (Å²) in [6.45, 7) is 11.0. The van der Waals surface area contributed by atoms with E-state index in [0.717, 1.165) is 66.6 Å². The predicted octanol–water partition coefficient (Wildman–Crippen LogP) is 6.03. The van der Waals surface area contributed by atoms with Gasteiger partial charge in [0.1, 0.15) is 22.7 Å². The van der Waals surface area contributed by atoms with Gasteiger partial charge in [0.15, 0.2) is 0 Å². The summed E-state index contributed by atoms with van der Waals surface area (Å²) in [6.07, 6.45) is 7.82. The number of ether oxygens (including phenoxy) is 4. The Morgan fingerprint density at radius 3 is 2.37 bits per heavy atom. The maximum atomic E-state index is 15.4. The van der Waals surface area contributed by atoms with Gasteiger partial charge >= 0.3 is 17.9 Å².